The van der Waals surface area contributed by atoms with Gasteiger partial charge in [0.2, 0.25) is 0 Å². The van der Waals surface area contributed by atoms with E-state index in [4.69, 9.17) is 15.2 Å². The van der Waals surface area contributed by atoms with Gasteiger partial charge < -0.3 is 15.2 Å². The average Bonchev–Trinajstić information content (AvgIpc) is 2.45. The third-order valence-electron chi connectivity index (χ3n) is 1.91. The van der Waals surface area contributed by atoms with Gasteiger partial charge in [0.25, 0.3) is 0 Å². The van der Waals surface area contributed by atoms with Gasteiger partial charge in [-0.2, -0.15) is 0 Å². The molecule has 0 unspecified atom stereocenters. The maximum atomic E-state index is 11.3. The van der Waals surface area contributed by atoms with E-state index in [0.29, 0.717) is 0 Å². The Labute approximate surface area is 90.4 Å². The highest BCUT2D eigenvalue weighted by Gasteiger charge is 2.20. The Bertz CT molecular complexity index is 255. The second-order valence-electron chi connectivity index (χ2n) is 4.72. The lowest BCUT2D eigenvalue weighted by molar-refractivity contribution is -0.161. The van der Waals surface area contributed by atoms with Crippen LogP contribution in [-0.2, 0) is 14.3 Å². The molecule has 0 aliphatic heterocycles. The van der Waals surface area contributed by atoms with Gasteiger partial charge in [0.15, 0.2) is 0 Å². The van der Waals surface area contributed by atoms with Crippen molar-refractivity contribution in [2.45, 2.75) is 44.9 Å². The molecule has 0 saturated carbocycles. The molecule has 0 amide bonds. The Morgan fingerprint density at radius 3 is 2.60 bits per heavy atom. The number of carbonyl (C=O) groups excluding carboxylic acids is 1. The van der Waals surface area contributed by atoms with E-state index < -0.39 is 5.60 Å². The van der Waals surface area contributed by atoms with Crippen molar-refractivity contribution in [3.05, 3.63) is 12.2 Å². The van der Waals surface area contributed by atoms with Crippen molar-refractivity contribution < 1.29 is 14.3 Å². The molecule has 4 heteroatoms. The summed E-state index contributed by atoms with van der Waals surface area (Å²) in [4.78, 5) is 11.3. The third kappa shape index (κ3) is 4.95. The molecule has 0 aromatic rings. The number of hydrogen-bond acceptors (Lipinski definition) is 4. The van der Waals surface area contributed by atoms with Crippen LogP contribution >= 0.6 is 0 Å². The van der Waals surface area contributed by atoms with Crippen LogP contribution in [0.25, 0.3) is 0 Å². The molecule has 0 heterocycles. The zero-order valence-electron chi connectivity index (χ0n) is 9.53. The summed E-state index contributed by atoms with van der Waals surface area (Å²) in [5.41, 5.74) is 5.19. The minimum absolute atomic E-state index is 0.0149. The fourth-order valence-corrected chi connectivity index (χ4v) is 1.36. The van der Waals surface area contributed by atoms with E-state index in [0.717, 1.165) is 6.42 Å². The van der Waals surface area contributed by atoms with E-state index in [2.05, 4.69) is 0 Å². The van der Waals surface area contributed by atoms with Gasteiger partial charge in [-0.25, -0.2) is 4.79 Å². The van der Waals surface area contributed by atoms with Crippen LogP contribution in [0.5, 0.6) is 0 Å². The van der Waals surface area contributed by atoms with Crippen molar-refractivity contribution in [2.24, 2.45) is 5.73 Å². The smallest absolute Gasteiger partial charge is 0.332 e. The maximum Gasteiger partial charge on any atom is 0.332 e. The molecule has 2 N–H and O–H groups in total. The Hall–Kier alpha value is -0.870. The molecule has 1 rings (SSSR count). The molecule has 4 nitrogen and oxygen atoms in total. The number of nitrogens with two attached hydrogens (primary N) is 1. The highest BCUT2D eigenvalue weighted by molar-refractivity contribution is 5.71. The van der Waals surface area contributed by atoms with Crippen LogP contribution in [0.1, 0.15) is 27.2 Å². The third-order valence-corrected chi connectivity index (χ3v) is 1.91. The molecule has 0 fully saturated rings. The van der Waals surface area contributed by atoms with E-state index in [1.807, 2.05) is 32.9 Å². The van der Waals surface area contributed by atoms with Crippen molar-refractivity contribution in [3.8, 4) is 0 Å². The summed E-state index contributed by atoms with van der Waals surface area (Å²) in [5.74, 6) is -0.337. The predicted molar refractivity (Wildman–Crippen MR) is 57.3 cm³/mol. The van der Waals surface area contributed by atoms with Crippen molar-refractivity contribution in [1.82, 2.24) is 0 Å². The Morgan fingerprint density at radius 2 is 2.13 bits per heavy atom. The van der Waals surface area contributed by atoms with E-state index in [1.54, 1.807) is 0 Å². The monoisotopic (exact) mass is 213 g/mol. The van der Waals surface area contributed by atoms with Crippen LogP contribution in [0, 0.1) is 0 Å². The summed E-state index contributed by atoms with van der Waals surface area (Å²) < 4.78 is 10.4. The first-order valence-corrected chi connectivity index (χ1v) is 5.14. The van der Waals surface area contributed by atoms with Crippen molar-refractivity contribution in [2.75, 3.05) is 6.61 Å². The molecular weight excluding hydrogens is 194 g/mol. The summed E-state index contributed by atoms with van der Waals surface area (Å²) in [5, 5.41) is 0. The van der Waals surface area contributed by atoms with E-state index in [9.17, 15) is 4.79 Å². The topological polar surface area (TPSA) is 61.5 Å². The molecule has 0 radical (unpaired) electrons. The van der Waals surface area contributed by atoms with Crippen LogP contribution in [0.4, 0.5) is 0 Å². The van der Waals surface area contributed by atoms with Crippen LogP contribution in [-0.4, -0.2) is 30.3 Å². The van der Waals surface area contributed by atoms with E-state index >= 15 is 0 Å². The summed E-state index contributed by atoms with van der Waals surface area (Å²) in [7, 11) is 0. The fourth-order valence-electron chi connectivity index (χ4n) is 1.36. The zero-order chi connectivity index (χ0) is 11.5. The molecule has 0 saturated heterocycles. The predicted octanol–water partition coefficient (Wildman–Crippen LogP) is 1.00. The first-order valence-electron chi connectivity index (χ1n) is 5.14. The summed E-state index contributed by atoms with van der Waals surface area (Å²) >= 11 is 0. The Kier molecular flexibility index (Phi) is 3.88. The van der Waals surface area contributed by atoms with Gasteiger partial charge >= 0.3 is 5.97 Å². The van der Waals surface area contributed by atoms with E-state index in [1.165, 1.54) is 0 Å². The van der Waals surface area contributed by atoms with Crippen LogP contribution in [0.15, 0.2) is 12.2 Å². The first kappa shape index (κ1) is 12.2. The number of rotatable bonds is 3. The van der Waals surface area contributed by atoms with Gasteiger partial charge in [-0.3, -0.25) is 0 Å². The van der Waals surface area contributed by atoms with E-state index in [-0.39, 0.29) is 24.7 Å². The normalized spacial score (nSPS) is 25.6. The number of esters is 1. The molecular formula is C11H19NO3. The lowest BCUT2D eigenvalue weighted by Crippen LogP contribution is -2.28. The zero-order valence-corrected chi connectivity index (χ0v) is 9.53. The minimum atomic E-state index is -0.456. The Morgan fingerprint density at radius 1 is 1.47 bits per heavy atom. The van der Waals surface area contributed by atoms with Crippen LogP contribution in [0.2, 0.25) is 0 Å². The van der Waals surface area contributed by atoms with Gasteiger partial charge in [0.1, 0.15) is 12.2 Å². The Balaban J connectivity index is 2.20. The van der Waals surface area contributed by atoms with Gasteiger partial charge in [0, 0.05) is 6.04 Å². The SMILES string of the molecule is CC(C)(C)OC(=O)CO[C@@H]1C=C[C@@H](N)C1. The lowest BCUT2D eigenvalue weighted by Gasteiger charge is -2.20. The molecule has 0 spiro atoms. The second-order valence-corrected chi connectivity index (χ2v) is 4.72. The van der Waals surface area contributed by atoms with Gasteiger partial charge in [-0.15, -0.1) is 0 Å². The average molecular weight is 213 g/mol. The first-order chi connectivity index (χ1) is 6.87. The van der Waals surface area contributed by atoms with Gasteiger partial charge in [0.05, 0.1) is 6.10 Å². The maximum absolute atomic E-state index is 11.3. The fraction of sp³-hybridized carbons (Fsp3) is 0.727. The van der Waals surface area contributed by atoms with Crippen LogP contribution < -0.4 is 5.73 Å². The second kappa shape index (κ2) is 4.77. The highest BCUT2D eigenvalue weighted by atomic mass is 16.6. The largest absolute Gasteiger partial charge is 0.458 e. The number of carbonyl (C=O) groups is 1. The molecule has 15 heavy (non-hydrogen) atoms. The van der Waals surface area contributed by atoms with Crippen molar-refractivity contribution >= 4 is 5.97 Å². The summed E-state index contributed by atoms with van der Waals surface area (Å²) in [6.45, 7) is 5.47. The molecule has 2 atom stereocenters. The number of ether oxygens (including phenoxy) is 2. The molecule has 1 aliphatic rings. The molecule has 0 aromatic carbocycles. The highest BCUT2D eigenvalue weighted by Crippen LogP contribution is 2.13. The van der Waals surface area contributed by atoms with Gasteiger partial charge in [-0.05, 0) is 27.2 Å². The van der Waals surface area contributed by atoms with Crippen LogP contribution in [0.3, 0.4) is 0 Å². The molecule has 0 bridgehead atoms. The quantitative estimate of drug-likeness (QED) is 0.561. The van der Waals surface area contributed by atoms with Crippen molar-refractivity contribution in [3.63, 3.8) is 0 Å². The summed E-state index contributed by atoms with van der Waals surface area (Å²) in [6, 6.07) is 0.0497. The minimum Gasteiger partial charge on any atom is -0.458 e. The lowest BCUT2D eigenvalue weighted by atomic mass is 10.2. The van der Waals surface area contributed by atoms with Gasteiger partial charge in [-0.1, -0.05) is 12.2 Å². The number of hydrogen-bond donors (Lipinski definition) is 1. The molecule has 86 valence electrons. The van der Waals surface area contributed by atoms with Crippen molar-refractivity contribution in [1.29, 1.82) is 0 Å². The molecule has 0 aromatic heterocycles. The summed E-state index contributed by atoms with van der Waals surface area (Å²) in [6.07, 6.45) is 4.46. The molecule has 1 aliphatic carbocycles. The standard InChI is InChI=1S/C11H19NO3/c1-11(2,3)15-10(13)7-14-9-5-4-8(12)6-9/h4-5,8-9H,6-7,12H2,1-3H3/t8-,9-/m1/s1.